The highest BCUT2D eigenvalue weighted by molar-refractivity contribution is 7.99. The number of para-hydroxylation sites is 1. The average Bonchev–Trinajstić information content (AvgIpc) is 3.26. The number of fused-ring (bicyclic) bond motifs is 1. The first kappa shape index (κ1) is 21.8. The van der Waals surface area contributed by atoms with Crippen LogP contribution in [-0.4, -0.2) is 57.6 Å². The van der Waals surface area contributed by atoms with E-state index in [-0.39, 0.29) is 11.7 Å². The minimum absolute atomic E-state index is 0.114. The largest absolute Gasteiger partial charge is 0.486 e. The van der Waals surface area contributed by atoms with Crippen molar-refractivity contribution in [1.29, 1.82) is 0 Å². The fraction of sp³-hybridized carbons (Fsp3) is 0.375. The van der Waals surface area contributed by atoms with Crippen molar-refractivity contribution in [2.24, 2.45) is 0 Å². The summed E-state index contributed by atoms with van der Waals surface area (Å²) in [6.45, 7) is 3.97. The fourth-order valence-corrected chi connectivity index (χ4v) is 4.87. The Morgan fingerprint density at radius 1 is 0.970 bits per heavy atom. The molecular weight excluding hydrogens is 438 g/mol. The topological polar surface area (TPSA) is 81.5 Å². The number of thioether (sulfide) groups is 1. The van der Waals surface area contributed by atoms with Crippen LogP contribution < -0.4 is 14.8 Å². The van der Waals surface area contributed by atoms with Gasteiger partial charge in [-0.25, -0.2) is 0 Å². The van der Waals surface area contributed by atoms with Gasteiger partial charge >= 0.3 is 0 Å². The Balaban J connectivity index is 1.28. The van der Waals surface area contributed by atoms with Crippen LogP contribution in [0.5, 0.6) is 11.5 Å². The Morgan fingerprint density at radius 2 is 1.76 bits per heavy atom. The summed E-state index contributed by atoms with van der Waals surface area (Å²) in [5, 5.41) is 12.6. The second-order valence-electron chi connectivity index (χ2n) is 8.10. The zero-order valence-electron chi connectivity index (χ0n) is 18.4. The summed E-state index contributed by atoms with van der Waals surface area (Å²) in [6, 6.07) is 15.5. The van der Waals surface area contributed by atoms with Gasteiger partial charge in [0.15, 0.2) is 22.5 Å². The third-order valence-corrected chi connectivity index (χ3v) is 6.62. The van der Waals surface area contributed by atoms with Crippen LogP contribution in [0.15, 0.2) is 53.7 Å². The maximum absolute atomic E-state index is 12.7. The van der Waals surface area contributed by atoms with Gasteiger partial charge in [0.2, 0.25) is 5.91 Å². The van der Waals surface area contributed by atoms with Gasteiger partial charge in [-0.2, -0.15) is 0 Å². The molecule has 8 nitrogen and oxygen atoms in total. The third-order valence-electron chi connectivity index (χ3n) is 5.69. The van der Waals surface area contributed by atoms with Gasteiger partial charge in [0.05, 0.1) is 12.3 Å². The Bertz CT molecular complexity index is 1100. The van der Waals surface area contributed by atoms with E-state index in [9.17, 15) is 4.79 Å². The van der Waals surface area contributed by atoms with E-state index >= 15 is 0 Å². The van der Waals surface area contributed by atoms with Crippen LogP contribution in [0.4, 0.5) is 5.69 Å². The number of carbonyl (C=O) groups is 1. The zero-order valence-corrected chi connectivity index (χ0v) is 19.2. The number of benzene rings is 2. The Morgan fingerprint density at radius 3 is 2.58 bits per heavy atom. The van der Waals surface area contributed by atoms with Gasteiger partial charge in [0.1, 0.15) is 13.2 Å². The molecule has 2 aliphatic rings. The van der Waals surface area contributed by atoms with Gasteiger partial charge in [-0.05, 0) is 50.2 Å². The smallest absolute Gasteiger partial charge is 0.234 e. The number of hydrogen-bond acceptors (Lipinski definition) is 7. The number of nitrogens with zero attached hydrogens (tertiary/aromatic N) is 4. The predicted octanol–water partition coefficient (Wildman–Crippen LogP) is 3.76. The standard InChI is InChI=1S/C24H27N5O3S/c30-23(25-18-9-10-20-21(15-18)32-14-13-31-20)17-33-24-27-26-22(16-28-11-5-2-6-12-28)29(24)19-7-3-1-4-8-19/h1,3-4,7-10,15H,2,5-6,11-14,16-17H2,(H,25,30). The first-order chi connectivity index (χ1) is 16.3. The molecule has 0 saturated carbocycles. The molecule has 2 aromatic carbocycles. The SMILES string of the molecule is O=C(CSc1nnc(CN2CCCCC2)n1-c1ccccc1)Nc1ccc2c(c1)OCCO2. The number of hydrogen-bond donors (Lipinski definition) is 1. The molecular formula is C24H27N5O3S. The molecule has 5 rings (SSSR count). The molecule has 0 atom stereocenters. The summed E-state index contributed by atoms with van der Waals surface area (Å²) in [6.07, 6.45) is 3.74. The molecule has 0 bridgehead atoms. The molecule has 0 radical (unpaired) electrons. The molecule has 1 fully saturated rings. The summed E-state index contributed by atoms with van der Waals surface area (Å²) in [4.78, 5) is 15.1. The Labute approximate surface area is 197 Å². The van der Waals surface area contributed by atoms with Crippen molar-refractivity contribution in [2.75, 3.05) is 37.4 Å². The number of ether oxygens (including phenoxy) is 2. The highest BCUT2D eigenvalue weighted by Gasteiger charge is 2.20. The lowest BCUT2D eigenvalue weighted by molar-refractivity contribution is -0.113. The molecule has 3 aromatic rings. The van der Waals surface area contributed by atoms with E-state index < -0.39 is 0 Å². The maximum Gasteiger partial charge on any atom is 0.234 e. The minimum Gasteiger partial charge on any atom is -0.486 e. The van der Waals surface area contributed by atoms with Crippen molar-refractivity contribution >= 4 is 23.4 Å². The minimum atomic E-state index is -0.114. The Hall–Kier alpha value is -3.04. The van der Waals surface area contributed by atoms with Crippen molar-refractivity contribution in [3.63, 3.8) is 0 Å². The molecule has 9 heteroatoms. The van der Waals surface area contributed by atoms with E-state index in [1.54, 1.807) is 6.07 Å². The van der Waals surface area contributed by atoms with E-state index in [0.717, 1.165) is 31.1 Å². The second-order valence-corrected chi connectivity index (χ2v) is 9.04. The molecule has 0 aliphatic carbocycles. The highest BCUT2D eigenvalue weighted by Crippen LogP contribution is 2.32. The number of amides is 1. The predicted molar refractivity (Wildman–Crippen MR) is 127 cm³/mol. The van der Waals surface area contributed by atoms with Crippen molar-refractivity contribution in [3.05, 3.63) is 54.4 Å². The van der Waals surface area contributed by atoms with Crippen LogP contribution >= 0.6 is 11.8 Å². The van der Waals surface area contributed by atoms with Crippen LogP contribution in [0.3, 0.4) is 0 Å². The monoisotopic (exact) mass is 465 g/mol. The summed E-state index contributed by atoms with van der Waals surface area (Å²) in [5.41, 5.74) is 1.68. The van der Waals surface area contributed by atoms with Gasteiger partial charge < -0.3 is 14.8 Å². The molecule has 0 unspecified atom stereocenters. The molecule has 0 spiro atoms. The van der Waals surface area contributed by atoms with E-state index in [2.05, 4.69) is 25.0 Å². The lowest BCUT2D eigenvalue weighted by Crippen LogP contribution is -2.30. The van der Waals surface area contributed by atoms with Crippen molar-refractivity contribution in [3.8, 4) is 17.2 Å². The molecule has 1 saturated heterocycles. The summed E-state index contributed by atoms with van der Waals surface area (Å²) in [5.74, 6) is 2.36. The van der Waals surface area contributed by atoms with Gasteiger partial charge in [0, 0.05) is 17.4 Å². The number of piperidine rings is 1. The molecule has 1 amide bonds. The van der Waals surface area contributed by atoms with Crippen LogP contribution in [0.25, 0.3) is 5.69 Å². The lowest BCUT2D eigenvalue weighted by Gasteiger charge is -2.26. The number of aromatic nitrogens is 3. The summed E-state index contributed by atoms with van der Waals surface area (Å²) >= 11 is 1.38. The molecule has 3 heterocycles. The molecule has 2 aliphatic heterocycles. The zero-order chi connectivity index (χ0) is 22.5. The molecule has 33 heavy (non-hydrogen) atoms. The van der Waals surface area contributed by atoms with Crippen molar-refractivity contribution in [1.82, 2.24) is 19.7 Å². The van der Waals surface area contributed by atoms with Crippen molar-refractivity contribution < 1.29 is 14.3 Å². The third kappa shape index (κ3) is 5.31. The van der Waals surface area contributed by atoms with Gasteiger partial charge in [-0.3, -0.25) is 14.3 Å². The summed E-state index contributed by atoms with van der Waals surface area (Å²) in [7, 11) is 0. The van der Waals surface area contributed by atoms with E-state index in [0.29, 0.717) is 35.6 Å². The quantitative estimate of drug-likeness (QED) is 0.532. The number of rotatable bonds is 7. The second kappa shape index (κ2) is 10.3. The molecule has 1 N–H and O–H groups in total. The lowest BCUT2D eigenvalue weighted by atomic mass is 10.1. The number of likely N-dealkylation sites (tertiary alicyclic amines) is 1. The Kier molecular flexibility index (Phi) is 6.78. The van der Waals surface area contributed by atoms with Gasteiger partial charge in [0.25, 0.3) is 0 Å². The van der Waals surface area contributed by atoms with E-state index in [1.165, 1.54) is 31.0 Å². The number of anilines is 1. The van der Waals surface area contributed by atoms with Gasteiger partial charge in [-0.15, -0.1) is 10.2 Å². The van der Waals surface area contributed by atoms with Crippen LogP contribution in [0.1, 0.15) is 25.1 Å². The van der Waals surface area contributed by atoms with Crippen molar-refractivity contribution in [2.45, 2.75) is 31.0 Å². The highest BCUT2D eigenvalue weighted by atomic mass is 32.2. The van der Waals surface area contributed by atoms with Crippen LogP contribution in [0.2, 0.25) is 0 Å². The molecule has 172 valence electrons. The van der Waals surface area contributed by atoms with Crippen LogP contribution in [-0.2, 0) is 11.3 Å². The average molecular weight is 466 g/mol. The van der Waals surface area contributed by atoms with Crippen LogP contribution in [0, 0.1) is 0 Å². The van der Waals surface area contributed by atoms with E-state index in [4.69, 9.17) is 9.47 Å². The first-order valence-electron chi connectivity index (χ1n) is 11.3. The number of nitrogens with one attached hydrogen (secondary N) is 1. The summed E-state index contributed by atoms with van der Waals surface area (Å²) < 4.78 is 13.2. The fourth-order valence-electron chi connectivity index (χ4n) is 4.10. The number of carbonyl (C=O) groups excluding carboxylic acids is 1. The first-order valence-corrected chi connectivity index (χ1v) is 12.3. The van der Waals surface area contributed by atoms with E-state index in [1.807, 2.05) is 42.5 Å². The van der Waals surface area contributed by atoms with Gasteiger partial charge in [-0.1, -0.05) is 36.4 Å². The molecule has 1 aromatic heterocycles. The maximum atomic E-state index is 12.7. The normalized spacial score (nSPS) is 15.9.